The van der Waals surface area contributed by atoms with Gasteiger partial charge >= 0.3 is 0 Å². The third kappa shape index (κ3) is 4.78. The van der Waals surface area contributed by atoms with E-state index in [1.54, 1.807) is 11.8 Å². The number of rotatable bonds is 7. The molecule has 1 aliphatic carbocycles. The van der Waals surface area contributed by atoms with E-state index in [9.17, 15) is 0 Å². The molecule has 0 radical (unpaired) electrons. The van der Waals surface area contributed by atoms with Crippen LogP contribution in [0.1, 0.15) is 44.6 Å². The standard InChI is InChI=1S/C19H25N5/c1-2-15-8-10-17(11-9-15)22-19-23-18(14-21-24-19)20-13-12-16-6-4-3-5-7-16/h6,8-11,14H,2-5,7,12-13H2,1H3,(H2,20,22,23,24). The molecule has 1 aliphatic rings. The largest absolute Gasteiger partial charge is 0.368 e. The zero-order chi connectivity index (χ0) is 16.6. The molecule has 2 aromatic rings. The van der Waals surface area contributed by atoms with E-state index in [1.165, 1.54) is 31.2 Å². The van der Waals surface area contributed by atoms with E-state index in [1.807, 2.05) is 12.1 Å². The van der Waals surface area contributed by atoms with Crippen molar-refractivity contribution < 1.29 is 0 Å². The molecule has 1 heterocycles. The van der Waals surface area contributed by atoms with Crippen LogP contribution in [0.2, 0.25) is 0 Å². The molecule has 1 aromatic carbocycles. The quantitative estimate of drug-likeness (QED) is 0.736. The Labute approximate surface area is 143 Å². The van der Waals surface area contributed by atoms with Crippen molar-refractivity contribution in [1.82, 2.24) is 15.2 Å². The predicted molar refractivity (Wildman–Crippen MR) is 98.6 cm³/mol. The number of nitrogens with one attached hydrogen (secondary N) is 2. The second-order valence-corrected chi connectivity index (χ2v) is 6.13. The van der Waals surface area contributed by atoms with Crippen LogP contribution in [0.15, 0.2) is 42.1 Å². The van der Waals surface area contributed by atoms with Gasteiger partial charge in [-0.05, 0) is 56.2 Å². The summed E-state index contributed by atoms with van der Waals surface area (Å²) in [6.07, 6.45) is 11.3. The summed E-state index contributed by atoms with van der Waals surface area (Å²) in [6.45, 7) is 3.03. The monoisotopic (exact) mass is 323 g/mol. The minimum atomic E-state index is 0.515. The second kappa shape index (κ2) is 8.43. The van der Waals surface area contributed by atoms with Gasteiger partial charge in [0.05, 0.1) is 6.20 Å². The van der Waals surface area contributed by atoms with Gasteiger partial charge in [0.1, 0.15) is 0 Å². The van der Waals surface area contributed by atoms with E-state index in [2.05, 4.69) is 50.9 Å². The summed E-state index contributed by atoms with van der Waals surface area (Å²) in [5, 5.41) is 14.6. The Bertz CT molecular complexity index is 678. The highest BCUT2D eigenvalue weighted by molar-refractivity contribution is 5.54. The van der Waals surface area contributed by atoms with Crippen LogP contribution >= 0.6 is 0 Å². The summed E-state index contributed by atoms with van der Waals surface area (Å²) >= 11 is 0. The molecule has 0 spiro atoms. The molecule has 5 heteroatoms. The van der Waals surface area contributed by atoms with Gasteiger partial charge in [0.2, 0.25) is 5.95 Å². The molecule has 0 aliphatic heterocycles. The maximum Gasteiger partial charge on any atom is 0.249 e. The summed E-state index contributed by atoms with van der Waals surface area (Å²) in [7, 11) is 0. The van der Waals surface area contributed by atoms with E-state index in [-0.39, 0.29) is 0 Å². The molecule has 0 unspecified atom stereocenters. The van der Waals surface area contributed by atoms with Crippen LogP contribution in [-0.2, 0) is 6.42 Å². The molecule has 126 valence electrons. The zero-order valence-electron chi connectivity index (χ0n) is 14.3. The lowest BCUT2D eigenvalue weighted by atomic mass is 9.97. The molecule has 1 aromatic heterocycles. The molecule has 0 saturated carbocycles. The maximum absolute atomic E-state index is 4.48. The molecular formula is C19H25N5. The minimum absolute atomic E-state index is 0.515. The van der Waals surface area contributed by atoms with Gasteiger partial charge < -0.3 is 10.6 Å². The zero-order valence-corrected chi connectivity index (χ0v) is 14.3. The fourth-order valence-corrected chi connectivity index (χ4v) is 2.88. The minimum Gasteiger partial charge on any atom is -0.368 e. The Hall–Kier alpha value is -2.43. The fraction of sp³-hybridized carbons (Fsp3) is 0.421. The van der Waals surface area contributed by atoms with Gasteiger partial charge in [-0.3, -0.25) is 0 Å². The van der Waals surface area contributed by atoms with Gasteiger partial charge in [-0.15, -0.1) is 5.10 Å². The van der Waals surface area contributed by atoms with Crippen molar-refractivity contribution in [3.8, 4) is 0 Å². The Morgan fingerprint density at radius 1 is 1.12 bits per heavy atom. The first-order chi connectivity index (χ1) is 11.8. The Kier molecular flexibility index (Phi) is 5.77. The van der Waals surface area contributed by atoms with Gasteiger partial charge in [-0.1, -0.05) is 30.7 Å². The fourth-order valence-electron chi connectivity index (χ4n) is 2.88. The van der Waals surface area contributed by atoms with Crippen LogP contribution in [-0.4, -0.2) is 21.7 Å². The number of allylic oxidation sites excluding steroid dienone is 1. The third-order valence-corrected chi connectivity index (χ3v) is 4.31. The van der Waals surface area contributed by atoms with Crippen molar-refractivity contribution in [2.24, 2.45) is 0 Å². The van der Waals surface area contributed by atoms with Crippen molar-refractivity contribution >= 4 is 17.5 Å². The normalized spacial score (nSPS) is 14.1. The molecule has 0 atom stereocenters. The highest BCUT2D eigenvalue weighted by atomic mass is 15.3. The van der Waals surface area contributed by atoms with Gasteiger partial charge in [0.25, 0.3) is 0 Å². The lowest BCUT2D eigenvalue weighted by Gasteiger charge is -2.13. The summed E-state index contributed by atoms with van der Waals surface area (Å²) in [5.41, 5.74) is 3.84. The van der Waals surface area contributed by atoms with Crippen molar-refractivity contribution in [3.05, 3.63) is 47.7 Å². The van der Waals surface area contributed by atoms with Crippen LogP contribution in [0.3, 0.4) is 0 Å². The lowest BCUT2D eigenvalue weighted by Crippen LogP contribution is -2.08. The summed E-state index contributed by atoms with van der Waals surface area (Å²) < 4.78 is 0. The maximum atomic E-state index is 4.48. The van der Waals surface area contributed by atoms with Crippen molar-refractivity contribution in [2.45, 2.75) is 45.4 Å². The molecule has 0 fully saturated rings. The van der Waals surface area contributed by atoms with E-state index in [0.717, 1.165) is 30.9 Å². The summed E-state index contributed by atoms with van der Waals surface area (Å²) in [4.78, 5) is 4.48. The van der Waals surface area contributed by atoms with Gasteiger partial charge in [-0.25, -0.2) is 0 Å². The molecular weight excluding hydrogens is 298 g/mol. The highest BCUT2D eigenvalue weighted by Crippen LogP contribution is 2.20. The predicted octanol–water partition coefficient (Wildman–Crippen LogP) is 4.48. The average Bonchev–Trinajstić information content (AvgIpc) is 2.64. The summed E-state index contributed by atoms with van der Waals surface area (Å²) in [6, 6.07) is 8.29. The number of benzene rings is 1. The van der Waals surface area contributed by atoms with Crippen LogP contribution in [0.25, 0.3) is 0 Å². The van der Waals surface area contributed by atoms with E-state index >= 15 is 0 Å². The first-order valence-corrected chi connectivity index (χ1v) is 8.81. The van der Waals surface area contributed by atoms with E-state index in [0.29, 0.717) is 5.95 Å². The smallest absolute Gasteiger partial charge is 0.249 e. The molecule has 0 amide bonds. The van der Waals surface area contributed by atoms with Crippen LogP contribution in [0.5, 0.6) is 0 Å². The number of hydrogen-bond acceptors (Lipinski definition) is 5. The van der Waals surface area contributed by atoms with Gasteiger partial charge in [0, 0.05) is 12.2 Å². The number of hydrogen-bond donors (Lipinski definition) is 2. The van der Waals surface area contributed by atoms with Crippen LogP contribution in [0.4, 0.5) is 17.5 Å². The number of anilines is 3. The first kappa shape index (κ1) is 16.4. The number of nitrogens with zero attached hydrogens (tertiary/aromatic N) is 3. The van der Waals surface area contributed by atoms with Crippen molar-refractivity contribution in [3.63, 3.8) is 0 Å². The third-order valence-electron chi connectivity index (χ3n) is 4.31. The van der Waals surface area contributed by atoms with Crippen molar-refractivity contribution in [2.75, 3.05) is 17.2 Å². The molecule has 2 N–H and O–H groups in total. The second-order valence-electron chi connectivity index (χ2n) is 6.13. The van der Waals surface area contributed by atoms with E-state index in [4.69, 9.17) is 0 Å². The SMILES string of the molecule is CCc1ccc(Nc2nncc(NCCC3=CCCCC3)n2)cc1. The number of aromatic nitrogens is 3. The van der Waals surface area contributed by atoms with Gasteiger partial charge in [-0.2, -0.15) is 10.1 Å². The lowest BCUT2D eigenvalue weighted by molar-refractivity contribution is 0.679. The Morgan fingerprint density at radius 3 is 2.75 bits per heavy atom. The molecule has 0 bridgehead atoms. The van der Waals surface area contributed by atoms with E-state index < -0.39 is 0 Å². The average molecular weight is 323 g/mol. The topological polar surface area (TPSA) is 62.7 Å². The first-order valence-electron chi connectivity index (χ1n) is 8.81. The Balaban J connectivity index is 1.54. The Morgan fingerprint density at radius 2 is 2.00 bits per heavy atom. The molecule has 0 saturated heterocycles. The summed E-state index contributed by atoms with van der Waals surface area (Å²) in [5.74, 6) is 1.27. The van der Waals surface area contributed by atoms with Crippen LogP contribution in [0, 0.1) is 0 Å². The molecule has 24 heavy (non-hydrogen) atoms. The molecule has 3 rings (SSSR count). The molecule has 5 nitrogen and oxygen atoms in total. The van der Waals surface area contributed by atoms with Crippen molar-refractivity contribution in [1.29, 1.82) is 0 Å². The van der Waals surface area contributed by atoms with Crippen LogP contribution < -0.4 is 10.6 Å². The highest BCUT2D eigenvalue weighted by Gasteiger charge is 2.05. The number of aryl methyl sites for hydroxylation is 1. The van der Waals surface area contributed by atoms with Gasteiger partial charge in [0.15, 0.2) is 5.82 Å².